The lowest BCUT2D eigenvalue weighted by Gasteiger charge is -2.39. The standard InChI is InChI=1S/C27H25F2N5O2S/c1-25(18-11-16(3-5-19(18)28)12-20(29)21-6-4-17(31-2)14-32-21)22-13-27(22,37-24(30)33-25)23(35)34-9-7-26(15-34)8-10-36-26/h3-6,11-12,14,22H,7-10,13,15H2,1H3,(H2,30,33)/b20-12-/t22-,25+,26?,27-/m0/s1. The number of nitrogens with zero attached hydrogens (tertiary/aromatic N) is 4. The van der Waals surface area contributed by atoms with Gasteiger partial charge in [-0.05, 0) is 49.6 Å². The minimum Gasteiger partial charge on any atom is -0.378 e. The van der Waals surface area contributed by atoms with Crippen molar-refractivity contribution in [2.45, 2.75) is 42.1 Å². The van der Waals surface area contributed by atoms with E-state index in [4.69, 9.17) is 17.0 Å². The molecule has 0 bridgehead atoms. The van der Waals surface area contributed by atoms with Crippen LogP contribution in [0.2, 0.25) is 0 Å². The highest BCUT2D eigenvalue weighted by atomic mass is 32.2. The monoisotopic (exact) mass is 521 g/mol. The number of ether oxygens (including phenoxy) is 1. The molecule has 1 saturated carbocycles. The first kappa shape index (κ1) is 24.1. The number of fused-ring (bicyclic) bond motifs is 1. The van der Waals surface area contributed by atoms with Gasteiger partial charge in [-0.1, -0.05) is 23.9 Å². The third kappa shape index (κ3) is 3.83. The van der Waals surface area contributed by atoms with E-state index in [-0.39, 0.29) is 33.9 Å². The summed E-state index contributed by atoms with van der Waals surface area (Å²) in [5, 5.41) is 0.244. The topological polar surface area (TPSA) is 85.2 Å². The average Bonchev–Trinajstić information content (AvgIpc) is 3.44. The molecule has 1 aromatic carbocycles. The quantitative estimate of drug-likeness (QED) is 0.592. The third-order valence-corrected chi connectivity index (χ3v) is 9.39. The van der Waals surface area contributed by atoms with Crippen LogP contribution < -0.4 is 5.73 Å². The molecule has 2 saturated heterocycles. The molecule has 7 nitrogen and oxygen atoms in total. The fraction of sp³-hybridized carbons (Fsp3) is 0.407. The molecule has 4 heterocycles. The summed E-state index contributed by atoms with van der Waals surface area (Å²) in [4.78, 5) is 27.5. The Kier molecular flexibility index (Phi) is 5.44. The second-order valence-corrected chi connectivity index (χ2v) is 11.7. The molecule has 3 aliphatic heterocycles. The van der Waals surface area contributed by atoms with Crippen LogP contribution in [0.25, 0.3) is 16.7 Å². The van der Waals surface area contributed by atoms with Crippen molar-refractivity contribution in [1.29, 1.82) is 0 Å². The molecule has 6 rings (SSSR count). The van der Waals surface area contributed by atoms with Gasteiger partial charge < -0.3 is 15.4 Å². The van der Waals surface area contributed by atoms with Crippen LogP contribution in [0.1, 0.15) is 43.0 Å². The maximum absolute atomic E-state index is 15.3. The number of carbonyl (C=O) groups is 1. The maximum atomic E-state index is 15.3. The summed E-state index contributed by atoms with van der Waals surface area (Å²) < 4.78 is 35.2. The lowest BCUT2D eigenvalue weighted by Crippen LogP contribution is -2.49. The lowest BCUT2D eigenvalue weighted by atomic mass is 9.84. The van der Waals surface area contributed by atoms with Gasteiger partial charge in [0.15, 0.2) is 5.17 Å². The molecule has 2 N–H and O–H groups in total. The number of carbonyl (C=O) groups excluding carboxylic acids is 1. The number of hydrogen-bond acceptors (Lipinski definition) is 6. The number of nitrogens with two attached hydrogens (primary N) is 1. The van der Waals surface area contributed by atoms with Gasteiger partial charge in [-0.25, -0.2) is 13.6 Å². The van der Waals surface area contributed by atoms with Crippen LogP contribution in [0.5, 0.6) is 0 Å². The summed E-state index contributed by atoms with van der Waals surface area (Å²) in [7, 11) is 0. The first-order valence-electron chi connectivity index (χ1n) is 12.2. The summed E-state index contributed by atoms with van der Waals surface area (Å²) in [6.07, 6.45) is 4.89. The molecule has 1 spiro atoms. The minimum atomic E-state index is -1.07. The highest BCUT2D eigenvalue weighted by Crippen LogP contribution is 2.66. The molecule has 2 aromatic rings. The molecular weight excluding hydrogens is 496 g/mol. The highest BCUT2D eigenvalue weighted by molar-refractivity contribution is 8.15. The summed E-state index contributed by atoms with van der Waals surface area (Å²) in [5.41, 5.74) is 6.05. The second-order valence-electron chi connectivity index (χ2n) is 10.3. The SMILES string of the molecule is [C-]#[N+]c1ccc(/C(F)=C/c2ccc(F)c([C@@]3(C)N=C(N)S[C@@]4(C(=O)N5CCC6(CCO6)C5)C[C@H]43)c2)nc1. The number of thioether (sulfide) groups is 1. The molecule has 3 fully saturated rings. The molecule has 37 heavy (non-hydrogen) atoms. The van der Waals surface area contributed by atoms with Gasteiger partial charge in [0.2, 0.25) is 11.6 Å². The summed E-state index contributed by atoms with van der Waals surface area (Å²) in [5.74, 6) is -1.33. The Bertz CT molecular complexity index is 1400. The Morgan fingerprint density at radius 2 is 2.16 bits per heavy atom. The van der Waals surface area contributed by atoms with Gasteiger partial charge in [0.1, 0.15) is 16.4 Å². The zero-order valence-electron chi connectivity index (χ0n) is 20.2. The van der Waals surface area contributed by atoms with Crippen LogP contribution >= 0.6 is 11.8 Å². The Labute approximate surface area is 217 Å². The first-order valence-corrected chi connectivity index (χ1v) is 13.0. The van der Waals surface area contributed by atoms with Crippen LogP contribution in [-0.2, 0) is 15.1 Å². The van der Waals surface area contributed by atoms with Gasteiger partial charge in [0.05, 0.1) is 30.0 Å². The second kappa shape index (κ2) is 8.36. The molecular formula is C27H25F2N5O2S. The van der Waals surface area contributed by atoms with E-state index in [0.29, 0.717) is 30.8 Å². The predicted molar refractivity (Wildman–Crippen MR) is 138 cm³/mol. The van der Waals surface area contributed by atoms with E-state index in [2.05, 4.69) is 14.8 Å². The first-order chi connectivity index (χ1) is 17.7. The van der Waals surface area contributed by atoms with Gasteiger partial charge in [-0.3, -0.25) is 14.8 Å². The number of rotatable bonds is 4. The van der Waals surface area contributed by atoms with Gasteiger partial charge in [-0.2, -0.15) is 0 Å². The average molecular weight is 522 g/mol. The largest absolute Gasteiger partial charge is 0.378 e. The van der Waals surface area contributed by atoms with Gasteiger partial charge in [0, 0.05) is 37.2 Å². The van der Waals surface area contributed by atoms with Crippen molar-refractivity contribution in [3.63, 3.8) is 0 Å². The molecule has 10 heteroatoms. The van der Waals surface area contributed by atoms with Crippen molar-refractivity contribution in [3.05, 3.63) is 70.6 Å². The van der Waals surface area contributed by atoms with E-state index < -0.39 is 21.9 Å². The van der Waals surface area contributed by atoms with Crippen molar-refractivity contribution in [3.8, 4) is 0 Å². The summed E-state index contributed by atoms with van der Waals surface area (Å²) in [6.45, 7) is 10.7. The number of amides is 1. The Hall–Kier alpha value is -3.29. The van der Waals surface area contributed by atoms with Crippen LogP contribution in [0, 0.1) is 18.3 Å². The number of likely N-dealkylation sites (tertiary alicyclic amines) is 1. The third-order valence-electron chi connectivity index (χ3n) is 8.10. The number of hydrogen-bond donors (Lipinski definition) is 1. The predicted octanol–water partition coefficient (Wildman–Crippen LogP) is 4.67. The number of pyridine rings is 1. The van der Waals surface area contributed by atoms with E-state index in [1.54, 1.807) is 13.0 Å². The summed E-state index contributed by atoms with van der Waals surface area (Å²) >= 11 is 1.27. The Balaban J connectivity index is 1.30. The van der Waals surface area contributed by atoms with Gasteiger partial charge >= 0.3 is 0 Å². The molecule has 1 aromatic heterocycles. The normalized spacial score (nSPS) is 32.4. The molecule has 1 unspecified atom stereocenters. The van der Waals surface area contributed by atoms with Crippen molar-refractivity contribution in [2.24, 2.45) is 16.6 Å². The van der Waals surface area contributed by atoms with Gasteiger partial charge in [0.25, 0.3) is 0 Å². The number of aromatic nitrogens is 1. The maximum Gasteiger partial charge on any atom is 0.239 e. The van der Waals surface area contributed by atoms with Crippen molar-refractivity contribution in [2.75, 3.05) is 19.7 Å². The Morgan fingerprint density at radius 1 is 1.35 bits per heavy atom. The molecule has 190 valence electrons. The van der Waals surface area contributed by atoms with E-state index in [1.807, 2.05) is 4.90 Å². The van der Waals surface area contributed by atoms with Crippen molar-refractivity contribution < 1.29 is 18.3 Å². The molecule has 4 atom stereocenters. The summed E-state index contributed by atoms with van der Waals surface area (Å²) in [6, 6.07) is 7.24. The lowest BCUT2D eigenvalue weighted by molar-refractivity contribution is -0.146. The van der Waals surface area contributed by atoms with Crippen LogP contribution in [0.15, 0.2) is 41.5 Å². The van der Waals surface area contributed by atoms with Gasteiger partial charge in [-0.15, -0.1) is 0 Å². The number of halogens is 2. The molecule has 1 aliphatic carbocycles. The van der Waals surface area contributed by atoms with Crippen molar-refractivity contribution in [1.82, 2.24) is 9.88 Å². The smallest absolute Gasteiger partial charge is 0.239 e. The van der Waals surface area contributed by atoms with Crippen LogP contribution in [0.4, 0.5) is 14.5 Å². The van der Waals surface area contributed by atoms with E-state index in [1.165, 1.54) is 48.3 Å². The highest BCUT2D eigenvalue weighted by Gasteiger charge is 2.72. The minimum absolute atomic E-state index is 0.00962. The molecule has 0 radical (unpaired) electrons. The zero-order chi connectivity index (χ0) is 26.0. The number of amidine groups is 1. The van der Waals surface area contributed by atoms with E-state index in [9.17, 15) is 9.18 Å². The fourth-order valence-corrected chi connectivity index (χ4v) is 7.33. The number of benzene rings is 1. The van der Waals surface area contributed by atoms with E-state index in [0.717, 1.165) is 19.4 Å². The fourth-order valence-electron chi connectivity index (χ4n) is 5.89. The molecule has 1 amide bonds. The van der Waals surface area contributed by atoms with Crippen LogP contribution in [-0.4, -0.2) is 51.0 Å². The molecule has 4 aliphatic rings. The zero-order valence-corrected chi connectivity index (χ0v) is 21.0. The number of aliphatic imine (C=N–C) groups is 1. The van der Waals surface area contributed by atoms with Crippen molar-refractivity contribution >= 4 is 40.4 Å². The Morgan fingerprint density at radius 3 is 2.81 bits per heavy atom. The van der Waals surface area contributed by atoms with Crippen LogP contribution in [0.3, 0.4) is 0 Å². The van der Waals surface area contributed by atoms with E-state index >= 15 is 4.39 Å².